The molecule has 3 N–H and O–H groups in total. The molecule has 198 valence electrons. The summed E-state index contributed by atoms with van der Waals surface area (Å²) in [5.74, 6) is 1.75. The van der Waals surface area contributed by atoms with E-state index in [1.807, 2.05) is 24.3 Å². The number of hydrogen-bond donors (Lipinski definition) is 3. The first-order chi connectivity index (χ1) is 17.7. The van der Waals surface area contributed by atoms with Crippen LogP contribution in [0.5, 0.6) is 5.75 Å². The molecule has 0 bridgehead atoms. The highest BCUT2D eigenvalue weighted by atomic mass is 16.5. The molecule has 0 aromatic heterocycles. The van der Waals surface area contributed by atoms with E-state index >= 15 is 0 Å². The van der Waals surface area contributed by atoms with Gasteiger partial charge in [-0.05, 0) is 79.0 Å². The minimum atomic E-state index is -0.149. The Morgan fingerprint density at radius 3 is 2.27 bits per heavy atom. The molecule has 3 atom stereocenters. The van der Waals surface area contributed by atoms with Crippen molar-refractivity contribution in [2.45, 2.75) is 47.1 Å². The summed E-state index contributed by atoms with van der Waals surface area (Å²) < 4.78 is 5.18. The molecule has 0 aliphatic heterocycles. The van der Waals surface area contributed by atoms with E-state index in [1.54, 1.807) is 31.4 Å². The summed E-state index contributed by atoms with van der Waals surface area (Å²) in [5, 5.41) is 8.83. The third kappa shape index (κ3) is 8.20. The lowest BCUT2D eigenvalue weighted by Gasteiger charge is -2.37. The van der Waals surface area contributed by atoms with Gasteiger partial charge in [0.15, 0.2) is 0 Å². The maximum Gasteiger partial charge on any atom is 0.251 e. The van der Waals surface area contributed by atoms with Gasteiger partial charge < -0.3 is 20.7 Å². The highest BCUT2D eigenvalue weighted by molar-refractivity contribution is 5.95. The van der Waals surface area contributed by atoms with Gasteiger partial charge in [-0.15, -0.1) is 0 Å². The molecule has 3 rings (SSSR count). The second kappa shape index (κ2) is 13.1. The van der Waals surface area contributed by atoms with Crippen LogP contribution in [0.15, 0.2) is 60.2 Å². The first-order valence-electron chi connectivity index (χ1n) is 12.9. The Morgan fingerprint density at radius 2 is 1.68 bits per heavy atom. The summed E-state index contributed by atoms with van der Waals surface area (Å²) in [5.41, 5.74) is 3.45. The van der Waals surface area contributed by atoms with Gasteiger partial charge in [-0.1, -0.05) is 37.6 Å². The zero-order valence-corrected chi connectivity index (χ0v) is 22.5. The molecule has 1 aliphatic rings. The maximum atomic E-state index is 12.7. The average Bonchev–Trinajstić information content (AvgIpc) is 2.87. The number of allylic oxidation sites excluding steroid dienone is 1. The summed E-state index contributed by atoms with van der Waals surface area (Å²) >= 11 is 0. The predicted octanol–water partition coefficient (Wildman–Crippen LogP) is 4.94. The minimum absolute atomic E-state index is 0.0468. The molecular weight excluding hydrogens is 466 g/mol. The summed E-state index contributed by atoms with van der Waals surface area (Å²) in [6.45, 7) is 8.98. The number of methoxy groups -OCH3 is 1. The number of anilines is 1. The van der Waals surface area contributed by atoms with Gasteiger partial charge in [0.2, 0.25) is 11.8 Å². The second-order valence-electron chi connectivity index (χ2n) is 10.2. The fraction of sp³-hybridized carbons (Fsp3) is 0.433. The Labute approximate surface area is 220 Å². The number of hydrogen-bond acceptors (Lipinski definition) is 4. The van der Waals surface area contributed by atoms with E-state index in [2.05, 4.69) is 42.8 Å². The lowest BCUT2D eigenvalue weighted by atomic mass is 9.69. The van der Waals surface area contributed by atoms with Crippen LogP contribution in [0.1, 0.15) is 56.5 Å². The van der Waals surface area contributed by atoms with Crippen LogP contribution < -0.4 is 20.7 Å². The largest absolute Gasteiger partial charge is 0.497 e. The van der Waals surface area contributed by atoms with Crippen LogP contribution in [0.2, 0.25) is 0 Å². The molecule has 2 aromatic carbocycles. The normalized spacial score (nSPS) is 19.1. The lowest BCUT2D eigenvalue weighted by Crippen LogP contribution is -2.37. The van der Waals surface area contributed by atoms with Crippen molar-refractivity contribution in [1.82, 2.24) is 10.6 Å². The van der Waals surface area contributed by atoms with Crippen molar-refractivity contribution in [2.75, 3.05) is 19.0 Å². The van der Waals surface area contributed by atoms with Gasteiger partial charge in [0.05, 0.1) is 7.11 Å². The molecule has 0 radical (unpaired) electrons. The van der Waals surface area contributed by atoms with Crippen LogP contribution >= 0.6 is 0 Å². The highest BCUT2D eigenvalue weighted by Crippen LogP contribution is 2.38. The van der Waals surface area contributed by atoms with Crippen LogP contribution in [0, 0.1) is 23.7 Å². The number of nitrogens with one attached hydrogen (secondary N) is 3. The van der Waals surface area contributed by atoms with Gasteiger partial charge in [-0.3, -0.25) is 14.4 Å². The number of carbonyl (C=O) groups excluding carboxylic acids is 3. The van der Waals surface area contributed by atoms with E-state index in [-0.39, 0.29) is 29.6 Å². The fourth-order valence-corrected chi connectivity index (χ4v) is 4.97. The Morgan fingerprint density at radius 1 is 1.00 bits per heavy atom. The molecular formula is C30H39N3O4. The van der Waals surface area contributed by atoms with Crippen molar-refractivity contribution in [3.63, 3.8) is 0 Å². The van der Waals surface area contributed by atoms with Crippen LogP contribution in [0.3, 0.4) is 0 Å². The number of rotatable bonds is 10. The molecule has 0 heterocycles. The summed E-state index contributed by atoms with van der Waals surface area (Å²) in [4.78, 5) is 36.7. The van der Waals surface area contributed by atoms with E-state index in [9.17, 15) is 14.4 Å². The van der Waals surface area contributed by atoms with E-state index in [0.717, 1.165) is 17.7 Å². The van der Waals surface area contributed by atoms with E-state index in [4.69, 9.17) is 4.74 Å². The van der Waals surface area contributed by atoms with Crippen molar-refractivity contribution >= 4 is 23.4 Å². The smallest absolute Gasteiger partial charge is 0.251 e. The van der Waals surface area contributed by atoms with E-state index < -0.39 is 0 Å². The number of benzene rings is 2. The monoisotopic (exact) mass is 505 g/mol. The van der Waals surface area contributed by atoms with Gasteiger partial charge in [0, 0.05) is 37.7 Å². The molecule has 3 amide bonds. The second-order valence-corrected chi connectivity index (χ2v) is 10.2. The lowest BCUT2D eigenvalue weighted by molar-refractivity contribution is -0.122. The molecule has 0 unspecified atom stereocenters. The van der Waals surface area contributed by atoms with Crippen molar-refractivity contribution in [2.24, 2.45) is 23.7 Å². The summed E-state index contributed by atoms with van der Waals surface area (Å²) in [7, 11) is 1.63. The van der Waals surface area contributed by atoms with Crippen LogP contribution in [-0.2, 0) is 16.1 Å². The van der Waals surface area contributed by atoms with Crippen LogP contribution in [-0.4, -0.2) is 31.4 Å². The van der Waals surface area contributed by atoms with Gasteiger partial charge in [-0.2, -0.15) is 0 Å². The number of amides is 3. The third-order valence-electron chi connectivity index (χ3n) is 7.13. The third-order valence-corrected chi connectivity index (χ3v) is 7.13. The molecule has 0 spiro atoms. The summed E-state index contributed by atoms with van der Waals surface area (Å²) in [6, 6.07) is 14.6. The van der Waals surface area contributed by atoms with Gasteiger partial charge in [0.1, 0.15) is 5.75 Å². The van der Waals surface area contributed by atoms with Gasteiger partial charge in [-0.25, -0.2) is 0 Å². The predicted molar refractivity (Wildman–Crippen MR) is 146 cm³/mol. The molecule has 2 aromatic rings. The van der Waals surface area contributed by atoms with Crippen molar-refractivity contribution in [3.8, 4) is 5.75 Å². The minimum Gasteiger partial charge on any atom is -0.497 e. The standard InChI is InChI=1S/C30H39N3O4/c1-19(2)28-15-24(16-29(35)31-17-22-6-12-27(37-5)13-7-22)20(3)14-25(28)18-32-30(36)23-8-10-26(11-9-23)33-21(4)34/h6-14,19,24-25,28H,15-18H2,1-5H3,(H,31,35)(H,32,36)(H,33,34)/t24-,25-,28-/m0/s1. The number of ether oxygens (including phenoxy) is 1. The Bertz CT molecular complexity index is 1110. The Kier molecular flexibility index (Phi) is 9.89. The summed E-state index contributed by atoms with van der Waals surface area (Å²) in [6.07, 6.45) is 3.62. The first kappa shape index (κ1) is 28.0. The zero-order valence-electron chi connectivity index (χ0n) is 22.5. The van der Waals surface area contributed by atoms with Crippen LogP contribution in [0.25, 0.3) is 0 Å². The van der Waals surface area contributed by atoms with Gasteiger partial charge in [0.25, 0.3) is 5.91 Å². The highest BCUT2D eigenvalue weighted by Gasteiger charge is 2.32. The average molecular weight is 506 g/mol. The maximum absolute atomic E-state index is 12.7. The Hall–Kier alpha value is -3.61. The Balaban J connectivity index is 1.55. The van der Waals surface area contributed by atoms with Crippen molar-refractivity contribution in [1.29, 1.82) is 0 Å². The molecule has 0 fully saturated rings. The fourth-order valence-electron chi connectivity index (χ4n) is 4.97. The first-order valence-corrected chi connectivity index (χ1v) is 12.9. The molecule has 7 nitrogen and oxygen atoms in total. The molecule has 0 saturated heterocycles. The SMILES string of the molecule is COc1ccc(CNC(=O)C[C@@H]2C[C@@H](C(C)C)[C@H](CNC(=O)c3ccc(NC(C)=O)cc3)C=C2C)cc1. The topological polar surface area (TPSA) is 96.5 Å². The van der Waals surface area contributed by atoms with Crippen molar-refractivity contribution in [3.05, 3.63) is 71.3 Å². The zero-order chi connectivity index (χ0) is 26.9. The van der Waals surface area contributed by atoms with Crippen LogP contribution in [0.4, 0.5) is 5.69 Å². The molecule has 7 heteroatoms. The van der Waals surface area contributed by atoms with Crippen molar-refractivity contribution < 1.29 is 19.1 Å². The number of carbonyl (C=O) groups is 3. The molecule has 0 saturated carbocycles. The quantitative estimate of drug-likeness (QED) is 0.398. The molecule has 37 heavy (non-hydrogen) atoms. The molecule has 1 aliphatic carbocycles. The van der Waals surface area contributed by atoms with E-state index in [0.29, 0.717) is 42.6 Å². The van der Waals surface area contributed by atoms with E-state index in [1.165, 1.54) is 12.5 Å². The van der Waals surface area contributed by atoms with Gasteiger partial charge >= 0.3 is 0 Å².